The fourth-order valence-corrected chi connectivity index (χ4v) is 2.59. The van der Waals surface area contributed by atoms with E-state index in [2.05, 4.69) is 15.6 Å². The second-order valence-corrected chi connectivity index (χ2v) is 6.58. The first kappa shape index (κ1) is 20.7. The Balaban J connectivity index is 2.26. The predicted octanol–water partition coefficient (Wildman–Crippen LogP) is 4.87. The molecule has 0 spiro atoms. The molecule has 7 nitrogen and oxygen atoms in total. The van der Waals surface area contributed by atoms with Crippen molar-refractivity contribution in [3.8, 4) is 0 Å². The number of aryl methyl sites for hydroxylation is 1. The second kappa shape index (κ2) is 7.95. The Morgan fingerprint density at radius 1 is 1.44 bits per heavy atom. The molecule has 0 aliphatic heterocycles. The van der Waals surface area contributed by atoms with E-state index in [1.165, 1.54) is 6.21 Å². The van der Waals surface area contributed by atoms with Crippen LogP contribution in [0.15, 0.2) is 23.3 Å². The first-order valence-corrected chi connectivity index (χ1v) is 8.26. The zero-order chi connectivity index (χ0) is 20.4. The number of hydrazone groups is 1. The maximum Gasteiger partial charge on any atom is 0.416 e. The number of halogens is 4. The van der Waals surface area contributed by atoms with Crippen molar-refractivity contribution in [2.45, 2.75) is 33.5 Å². The molecule has 1 aromatic heterocycles. The van der Waals surface area contributed by atoms with Crippen molar-refractivity contribution in [2.75, 3.05) is 5.43 Å². The standard InChI is InChI=1S/C16H17ClF3N5O2/c1-9(2)8-24-15(17)12(10(3)23-24)7-21-22-13-5-4-11(16(18,19)20)6-14(13)25(26)27/h4-7,9,22H,8H2,1-3H3/b21-7-. The van der Waals surface area contributed by atoms with Crippen LogP contribution in [0.3, 0.4) is 0 Å². The minimum Gasteiger partial charge on any atom is -0.272 e. The van der Waals surface area contributed by atoms with E-state index in [0.717, 1.165) is 12.1 Å². The molecule has 1 aromatic carbocycles. The van der Waals surface area contributed by atoms with Crippen LogP contribution in [-0.4, -0.2) is 20.9 Å². The van der Waals surface area contributed by atoms with Gasteiger partial charge in [-0.05, 0) is 25.0 Å². The summed E-state index contributed by atoms with van der Waals surface area (Å²) in [5, 5.41) is 19.6. The number of hydrogen-bond acceptors (Lipinski definition) is 5. The molecular weight excluding hydrogens is 387 g/mol. The Morgan fingerprint density at radius 2 is 2.11 bits per heavy atom. The molecule has 0 unspecified atom stereocenters. The van der Waals surface area contributed by atoms with Crippen LogP contribution in [0.25, 0.3) is 0 Å². The zero-order valence-corrected chi connectivity index (χ0v) is 15.5. The van der Waals surface area contributed by atoms with Crippen LogP contribution < -0.4 is 5.43 Å². The lowest BCUT2D eigenvalue weighted by Gasteiger charge is -2.08. The lowest BCUT2D eigenvalue weighted by atomic mass is 10.1. The minimum atomic E-state index is -4.68. The van der Waals surface area contributed by atoms with E-state index in [4.69, 9.17) is 11.6 Å². The number of rotatable bonds is 6. The van der Waals surface area contributed by atoms with Crippen LogP contribution in [-0.2, 0) is 12.7 Å². The normalized spacial score (nSPS) is 12.1. The molecular formula is C16H17ClF3N5O2. The van der Waals surface area contributed by atoms with Gasteiger partial charge in [0.05, 0.1) is 28.0 Å². The first-order valence-electron chi connectivity index (χ1n) is 7.88. The van der Waals surface area contributed by atoms with Gasteiger partial charge in [0.1, 0.15) is 10.8 Å². The van der Waals surface area contributed by atoms with E-state index >= 15 is 0 Å². The van der Waals surface area contributed by atoms with E-state index in [9.17, 15) is 23.3 Å². The highest BCUT2D eigenvalue weighted by Gasteiger charge is 2.33. The molecule has 11 heteroatoms. The van der Waals surface area contributed by atoms with Gasteiger partial charge in [-0.2, -0.15) is 23.4 Å². The van der Waals surface area contributed by atoms with Gasteiger partial charge in [-0.1, -0.05) is 25.4 Å². The van der Waals surface area contributed by atoms with Crippen molar-refractivity contribution in [3.05, 3.63) is 50.3 Å². The summed E-state index contributed by atoms with van der Waals surface area (Å²) in [5.74, 6) is 0.319. The van der Waals surface area contributed by atoms with Gasteiger partial charge in [-0.25, -0.2) is 0 Å². The highest BCUT2D eigenvalue weighted by atomic mass is 35.5. The Hall–Kier alpha value is -2.62. The zero-order valence-electron chi connectivity index (χ0n) is 14.7. The van der Waals surface area contributed by atoms with E-state index in [-0.39, 0.29) is 5.69 Å². The molecule has 2 aromatic rings. The van der Waals surface area contributed by atoms with Crippen LogP contribution in [0.2, 0.25) is 5.15 Å². The van der Waals surface area contributed by atoms with Gasteiger partial charge in [-0.3, -0.25) is 20.2 Å². The van der Waals surface area contributed by atoms with Gasteiger partial charge in [-0.15, -0.1) is 0 Å². The number of benzene rings is 1. The molecule has 27 heavy (non-hydrogen) atoms. The summed E-state index contributed by atoms with van der Waals surface area (Å²) in [5.41, 5.74) is 1.49. The fraction of sp³-hybridized carbons (Fsp3) is 0.375. The lowest BCUT2D eigenvalue weighted by molar-refractivity contribution is -0.384. The smallest absolute Gasteiger partial charge is 0.272 e. The van der Waals surface area contributed by atoms with Crippen LogP contribution in [0.5, 0.6) is 0 Å². The molecule has 146 valence electrons. The quantitative estimate of drug-likeness (QED) is 0.423. The van der Waals surface area contributed by atoms with Crippen molar-refractivity contribution in [3.63, 3.8) is 0 Å². The average Bonchev–Trinajstić information content (AvgIpc) is 2.80. The SMILES string of the molecule is Cc1nn(CC(C)C)c(Cl)c1/C=N\Nc1ccc(C(F)(F)F)cc1[N+](=O)[O-]. The summed E-state index contributed by atoms with van der Waals surface area (Å²) in [6, 6.07) is 2.15. The predicted molar refractivity (Wildman–Crippen MR) is 96.1 cm³/mol. The van der Waals surface area contributed by atoms with Gasteiger partial charge >= 0.3 is 6.18 Å². The van der Waals surface area contributed by atoms with Crippen molar-refractivity contribution in [1.82, 2.24) is 9.78 Å². The monoisotopic (exact) mass is 403 g/mol. The molecule has 1 N–H and O–H groups in total. The largest absolute Gasteiger partial charge is 0.416 e. The average molecular weight is 404 g/mol. The molecule has 0 atom stereocenters. The van der Waals surface area contributed by atoms with Gasteiger partial charge < -0.3 is 0 Å². The third-order valence-corrected chi connectivity index (χ3v) is 3.95. The van der Waals surface area contributed by atoms with Gasteiger partial charge in [0.2, 0.25) is 0 Å². The molecule has 0 aliphatic rings. The summed E-state index contributed by atoms with van der Waals surface area (Å²) < 4.78 is 39.8. The third kappa shape index (κ3) is 4.97. The number of aromatic nitrogens is 2. The topological polar surface area (TPSA) is 85.3 Å². The number of nitro groups is 1. The summed E-state index contributed by atoms with van der Waals surface area (Å²) in [7, 11) is 0. The third-order valence-electron chi connectivity index (χ3n) is 3.55. The van der Waals surface area contributed by atoms with E-state index in [1.807, 2.05) is 13.8 Å². The maximum atomic E-state index is 12.7. The Morgan fingerprint density at radius 3 is 2.67 bits per heavy atom. The number of alkyl halides is 3. The van der Waals surface area contributed by atoms with Crippen LogP contribution >= 0.6 is 11.6 Å². The highest BCUT2D eigenvalue weighted by molar-refractivity contribution is 6.32. The Bertz CT molecular complexity index is 878. The number of nitro benzene ring substituents is 1. The molecule has 0 radical (unpaired) electrons. The molecule has 0 fully saturated rings. The van der Waals surface area contributed by atoms with Gasteiger partial charge in [0.15, 0.2) is 0 Å². The molecule has 2 rings (SSSR count). The summed E-state index contributed by atoms with van der Waals surface area (Å²) >= 11 is 6.26. The van der Waals surface area contributed by atoms with Gasteiger partial charge in [0.25, 0.3) is 5.69 Å². The summed E-state index contributed by atoms with van der Waals surface area (Å²) in [6.45, 7) is 6.34. The van der Waals surface area contributed by atoms with Crippen LogP contribution in [0.1, 0.15) is 30.7 Å². The second-order valence-electron chi connectivity index (χ2n) is 6.22. The van der Waals surface area contributed by atoms with Crippen molar-refractivity contribution in [1.29, 1.82) is 0 Å². The molecule has 1 heterocycles. The number of nitrogens with zero attached hydrogens (tertiary/aromatic N) is 4. The number of hydrogen-bond donors (Lipinski definition) is 1. The first-order chi connectivity index (χ1) is 12.5. The summed E-state index contributed by atoms with van der Waals surface area (Å²) in [6.07, 6.45) is -3.36. The van der Waals surface area contributed by atoms with Crippen LogP contribution in [0.4, 0.5) is 24.5 Å². The molecule has 0 aliphatic carbocycles. The molecule has 0 saturated carbocycles. The molecule has 0 amide bonds. The van der Waals surface area contributed by atoms with E-state index < -0.39 is 22.4 Å². The maximum absolute atomic E-state index is 12.7. The molecule has 0 saturated heterocycles. The van der Waals surface area contributed by atoms with E-state index in [0.29, 0.717) is 34.9 Å². The van der Waals surface area contributed by atoms with Crippen LogP contribution in [0, 0.1) is 23.0 Å². The minimum absolute atomic E-state index is 0.174. The van der Waals surface area contributed by atoms with Crippen molar-refractivity contribution in [2.24, 2.45) is 11.0 Å². The Kier molecular flexibility index (Phi) is 6.09. The fourth-order valence-electron chi connectivity index (χ4n) is 2.30. The van der Waals surface area contributed by atoms with E-state index in [1.54, 1.807) is 11.6 Å². The molecule has 0 bridgehead atoms. The highest BCUT2D eigenvalue weighted by Crippen LogP contribution is 2.35. The number of nitrogens with one attached hydrogen (secondary N) is 1. The number of anilines is 1. The van der Waals surface area contributed by atoms with Crippen molar-refractivity contribution >= 4 is 29.2 Å². The van der Waals surface area contributed by atoms with Gasteiger partial charge in [0, 0.05) is 12.6 Å². The Labute approximate surface area is 158 Å². The van der Waals surface area contributed by atoms with Crippen molar-refractivity contribution < 1.29 is 18.1 Å². The lowest BCUT2D eigenvalue weighted by Crippen LogP contribution is -2.07. The summed E-state index contributed by atoms with van der Waals surface area (Å²) in [4.78, 5) is 10.1.